The number of aromatic nitrogens is 2. The first-order valence-corrected chi connectivity index (χ1v) is 7.82. The van der Waals surface area contributed by atoms with Crippen LogP contribution in [0.3, 0.4) is 0 Å². The molecule has 1 heterocycles. The molecule has 0 unspecified atom stereocenters. The molecule has 0 aliphatic rings. The summed E-state index contributed by atoms with van der Waals surface area (Å²) in [7, 11) is 3.23. The Morgan fingerprint density at radius 3 is 2.46 bits per heavy atom. The van der Waals surface area contributed by atoms with Crippen LogP contribution in [0.5, 0.6) is 11.5 Å². The summed E-state index contributed by atoms with van der Waals surface area (Å²) < 4.78 is 12.0. The predicted molar refractivity (Wildman–Crippen MR) is 95.6 cm³/mol. The van der Waals surface area contributed by atoms with Gasteiger partial charge in [0, 0.05) is 18.9 Å². The summed E-state index contributed by atoms with van der Waals surface area (Å²) in [4.78, 5) is 24.3. The Morgan fingerprint density at radius 2 is 1.81 bits per heavy atom. The number of aryl methyl sites for hydroxylation is 1. The molecular formula is C19H17N3O4. The van der Waals surface area contributed by atoms with Gasteiger partial charge in [-0.2, -0.15) is 5.10 Å². The standard InChI is InChI=1S/C19H17N3O4/c1-22-12-13(11-20-22)19(24)26-15-9-7-14(8-10-15)21-18(23)16-5-3-4-6-17(16)25-2/h3-12H,1-2H3,(H,21,23). The number of carbonyl (C=O) groups excluding carboxylic acids is 2. The van der Waals surface area contributed by atoms with Crippen molar-refractivity contribution in [3.8, 4) is 11.5 Å². The molecule has 0 saturated heterocycles. The van der Waals surface area contributed by atoms with Crippen molar-refractivity contribution in [3.63, 3.8) is 0 Å². The largest absolute Gasteiger partial charge is 0.496 e. The highest BCUT2D eigenvalue weighted by molar-refractivity contribution is 6.06. The van der Waals surface area contributed by atoms with E-state index in [0.717, 1.165) is 0 Å². The lowest BCUT2D eigenvalue weighted by molar-refractivity contribution is 0.0734. The molecule has 2 aromatic carbocycles. The molecule has 132 valence electrons. The van der Waals surface area contributed by atoms with Crippen LogP contribution in [0, 0.1) is 0 Å². The molecule has 3 rings (SSSR count). The van der Waals surface area contributed by atoms with Gasteiger partial charge in [0.15, 0.2) is 0 Å². The third-order valence-corrected chi connectivity index (χ3v) is 3.61. The third-order valence-electron chi connectivity index (χ3n) is 3.61. The molecule has 0 atom stereocenters. The van der Waals surface area contributed by atoms with E-state index < -0.39 is 5.97 Å². The van der Waals surface area contributed by atoms with Crippen LogP contribution in [0.4, 0.5) is 5.69 Å². The molecule has 0 aliphatic carbocycles. The lowest BCUT2D eigenvalue weighted by Gasteiger charge is -2.09. The van der Waals surface area contributed by atoms with E-state index in [1.807, 2.05) is 0 Å². The van der Waals surface area contributed by atoms with Gasteiger partial charge in [-0.15, -0.1) is 0 Å². The maximum Gasteiger partial charge on any atom is 0.346 e. The number of esters is 1. The predicted octanol–water partition coefficient (Wildman–Crippen LogP) is 2.90. The van der Waals surface area contributed by atoms with Crippen LogP contribution < -0.4 is 14.8 Å². The minimum atomic E-state index is -0.496. The first-order valence-electron chi connectivity index (χ1n) is 7.82. The summed E-state index contributed by atoms with van der Waals surface area (Å²) in [5.74, 6) is 0.0765. The molecule has 1 amide bonds. The van der Waals surface area contributed by atoms with Crippen LogP contribution >= 0.6 is 0 Å². The van der Waals surface area contributed by atoms with Crippen LogP contribution in [-0.4, -0.2) is 28.8 Å². The normalized spacial score (nSPS) is 10.2. The second-order valence-electron chi connectivity index (χ2n) is 5.47. The number of nitrogens with one attached hydrogen (secondary N) is 1. The number of nitrogens with zero attached hydrogens (tertiary/aromatic N) is 2. The van der Waals surface area contributed by atoms with Gasteiger partial charge in [-0.3, -0.25) is 9.48 Å². The fraction of sp³-hybridized carbons (Fsp3) is 0.105. The number of para-hydroxylation sites is 1. The smallest absolute Gasteiger partial charge is 0.346 e. The van der Waals surface area contributed by atoms with E-state index in [1.54, 1.807) is 61.8 Å². The monoisotopic (exact) mass is 351 g/mol. The lowest BCUT2D eigenvalue weighted by atomic mass is 10.2. The van der Waals surface area contributed by atoms with Gasteiger partial charge in [-0.1, -0.05) is 12.1 Å². The van der Waals surface area contributed by atoms with Gasteiger partial charge >= 0.3 is 5.97 Å². The average molecular weight is 351 g/mol. The summed E-state index contributed by atoms with van der Waals surface area (Å²) in [6.45, 7) is 0. The Balaban J connectivity index is 1.66. The molecule has 3 aromatic rings. The molecule has 0 fully saturated rings. The summed E-state index contributed by atoms with van der Waals surface area (Å²) in [5.41, 5.74) is 1.37. The van der Waals surface area contributed by atoms with E-state index >= 15 is 0 Å². The quantitative estimate of drug-likeness (QED) is 0.564. The third kappa shape index (κ3) is 3.89. The number of hydrogen-bond donors (Lipinski definition) is 1. The van der Waals surface area contributed by atoms with Crippen LogP contribution in [0.15, 0.2) is 60.9 Å². The minimum Gasteiger partial charge on any atom is -0.496 e. The van der Waals surface area contributed by atoms with E-state index in [2.05, 4.69) is 10.4 Å². The van der Waals surface area contributed by atoms with E-state index in [9.17, 15) is 9.59 Å². The highest BCUT2D eigenvalue weighted by atomic mass is 16.5. The summed E-state index contributed by atoms with van der Waals surface area (Å²) in [6.07, 6.45) is 3.01. The molecule has 26 heavy (non-hydrogen) atoms. The van der Waals surface area contributed by atoms with Crippen LogP contribution in [0.25, 0.3) is 0 Å². The van der Waals surface area contributed by atoms with Crippen molar-refractivity contribution in [3.05, 3.63) is 72.1 Å². The Labute approximate surface area is 150 Å². The van der Waals surface area contributed by atoms with E-state index in [4.69, 9.17) is 9.47 Å². The van der Waals surface area contributed by atoms with Gasteiger partial charge in [0.25, 0.3) is 5.91 Å². The average Bonchev–Trinajstić information content (AvgIpc) is 3.10. The van der Waals surface area contributed by atoms with Gasteiger partial charge in [-0.25, -0.2) is 4.79 Å². The first-order chi connectivity index (χ1) is 12.6. The maximum absolute atomic E-state index is 12.4. The van der Waals surface area contributed by atoms with E-state index in [0.29, 0.717) is 28.3 Å². The zero-order valence-corrected chi connectivity index (χ0v) is 14.3. The summed E-state index contributed by atoms with van der Waals surface area (Å²) in [6, 6.07) is 13.5. The summed E-state index contributed by atoms with van der Waals surface area (Å²) >= 11 is 0. The van der Waals surface area contributed by atoms with Crippen molar-refractivity contribution in [2.45, 2.75) is 0 Å². The number of methoxy groups -OCH3 is 1. The zero-order chi connectivity index (χ0) is 18.5. The van der Waals surface area contributed by atoms with Crippen molar-refractivity contribution in [2.24, 2.45) is 7.05 Å². The Kier molecular flexibility index (Phi) is 4.98. The maximum atomic E-state index is 12.4. The number of rotatable bonds is 5. The number of amides is 1. The highest BCUT2D eigenvalue weighted by Crippen LogP contribution is 2.21. The van der Waals surface area contributed by atoms with Gasteiger partial charge in [0.1, 0.15) is 11.5 Å². The number of hydrogen-bond acceptors (Lipinski definition) is 5. The van der Waals surface area contributed by atoms with Crippen molar-refractivity contribution < 1.29 is 19.1 Å². The number of benzene rings is 2. The van der Waals surface area contributed by atoms with Crippen LogP contribution in [-0.2, 0) is 7.05 Å². The van der Waals surface area contributed by atoms with Crippen LogP contribution in [0.1, 0.15) is 20.7 Å². The van der Waals surface area contributed by atoms with Crippen molar-refractivity contribution >= 4 is 17.6 Å². The SMILES string of the molecule is COc1ccccc1C(=O)Nc1ccc(OC(=O)c2cnn(C)c2)cc1. The summed E-state index contributed by atoms with van der Waals surface area (Å²) in [5, 5.41) is 6.70. The second kappa shape index (κ2) is 7.52. The van der Waals surface area contributed by atoms with Gasteiger partial charge in [0.2, 0.25) is 0 Å². The van der Waals surface area contributed by atoms with Gasteiger partial charge in [-0.05, 0) is 36.4 Å². The molecule has 1 aromatic heterocycles. The second-order valence-corrected chi connectivity index (χ2v) is 5.47. The molecular weight excluding hydrogens is 334 g/mol. The van der Waals surface area contributed by atoms with Crippen LogP contribution in [0.2, 0.25) is 0 Å². The van der Waals surface area contributed by atoms with Gasteiger partial charge < -0.3 is 14.8 Å². The Hall–Kier alpha value is -3.61. The fourth-order valence-corrected chi connectivity index (χ4v) is 2.33. The van der Waals surface area contributed by atoms with Gasteiger partial charge in [0.05, 0.1) is 24.4 Å². The molecule has 0 aliphatic heterocycles. The number of carbonyl (C=O) groups is 2. The molecule has 0 spiro atoms. The molecule has 0 saturated carbocycles. The zero-order valence-electron chi connectivity index (χ0n) is 14.3. The molecule has 7 nitrogen and oxygen atoms in total. The van der Waals surface area contributed by atoms with E-state index in [1.165, 1.54) is 18.0 Å². The lowest BCUT2D eigenvalue weighted by Crippen LogP contribution is -2.13. The first kappa shape index (κ1) is 17.2. The molecule has 0 bridgehead atoms. The molecule has 0 radical (unpaired) electrons. The van der Waals surface area contributed by atoms with Crippen molar-refractivity contribution in [1.82, 2.24) is 9.78 Å². The van der Waals surface area contributed by atoms with Crippen molar-refractivity contribution in [2.75, 3.05) is 12.4 Å². The van der Waals surface area contributed by atoms with Crippen molar-refractivity contribution in [1.29, 1.82) is 0 Å². The number of anilines is 1. The fourth-order valence-electron chi connectivity index (χ4n) is 2.33. The number of ether oxygens (including phenoxy) is 2. The highest BCUT2D eigenvalue weighted by Gasteiger charge is 2.13. The Bertz CT molecular complexity index is 932. The molecule has 7 heteroatoms. The minimum absolute atomic E-state index is 0.289. The topological polar surface area (TPSA) is 82.4 Å². The Morgan fingerprint density at radius 1 is 1.08 bits per heavy atom. The van der Waals surface area contributed by atoms with E-state index in [-0.39, 0.29) is 5.91 Å². The molecule has 1 N–H and O–H groups in total.